The van der Waals surface area contributed by atoms with Crippen molar-refractivity contribution in [3.05, 3.63) is 86.4 Å². The van der Waals surface area contributed by atoms with Gasteiger partial charge >= 0.3 is 12.1 Å². The number of aromatic carboxylic acids is 1. The molecule has 1 aromatic heterocycles. The first-order chi connectivity index (χ1) is 21.0. The van der Waals surface area contributed by atoms with E-state index in [1.54, 1.807) is 16.7 Å². The number of carboxylic acids is 1. The molecule has 0 aliphatic rings. The molecular formula is C28H34ClN7O8. The Morgan fingerprint density at radius 1 is 1.18 bits per heavy atom. The van der Waals surface area contributed by atoms with Gasteiger partial charge in [-0.1, -0.05) is 73.5 Å². The van der Waals surface area contributed by atoms with Crippen molar-refractivity contribution in [3.8, 4) is 11.1 Å². The van der Waals surface area contributed by atoms with E-state index in [1.165, 1.54) is 6.92 Å². The van der Waals surface area contributed by atoms with Crippen molar-refractivity contribution in [2.45, 2.75) is 52.3 Å². The number of ether oxygens (including phenoxy) is 2. The molecule has 0 fully saturated rings. The maximum absolute atomic E-state index is 11.9. The highest BCUT2D eigenvalue weighted by Crippen LogP contribution is 2.26. The lowest BCUT2D eigenvalue weighted by molar-refractivity contribution is -0.757. The highest BCUT2D eigenvalue weighted by molar-refractivity contribution is 6.32. The van der Waals surface area contributed by atoms with Crippen molar-refractivity contribution >= 4 is 29.6 Å². The highest BCUT2D eigenvalue weighted by Gasteiger charge is 2.22. The van der Waals surface area contributed by atoms with E-state index in [1.807, 2.05) is 43.3 Å². The van der Waals surface area contributed by atoms with E-state index < -0.39 is 23.4 Å². The third-order valence-electron chi connectivity index (χ3n) is 6.34. The second-order valence-electron chi connectivity index (χ2n) is 9.50. The zero-order valence-electron chi connectivity index (χ0n) is 24.2. The number of hydrogen-bond donors (Lipinski definition) is 3. The summed E-state index contributed by atoms with van der Waals surface area (Å²) in [6, 6.07) is 14.8. The molecule has 0 spiro atoms. The van der Waals surface area contributed by atoms with Crippen LogP contribution in [-0.4, -0.2) is 62.3 Å². The van der Waals surface area contributed by atoms with Crippen LogP contribution >= 0.6 is 11.6 Å². The molecular weight excluding hydrogens is 598 g/mol. The first-order valence-corrected chi connectivity index (χ1v) is 14.0. The Balaban J connectivity index is 1.71. The summed E-state index contributed by atoms with van der Waals surface area (Å²) < 4.78 is 11.5. The Labute approximate surface area is 258 Å². The van der Waals surface area contributed by atoms with Gasteiger partial charge in [-0.3, -0.25) is 0 Å². The molecule has 1 atom stereocenters. The van der Waals surface area contributed by atoms with Gasteiger partial charge in [0.15, 0.2) is 16.7 Å². The van der Waals surface area contributed by atoms with Crippen LogP contribution in [-0.2, 0) is 27.3 Å². The van der Waals surface area contributed by atoms with Crippen LogP contribution in [0.2, 0.25) is 5.15 Å². The van der Waals surface area contributed by atoms with E-state index in [9.17, 15) is 24.8 Å². The molecule has 0 aliphatic heterocycles. The number of carbonyl (C=O) groups excluding carboxylic acids is 1. The number of hydrazone groups is 1. The molecule has 44 heavy (non-hydrogen) atoms. The fourth-order valence-corrected chi connectivity index (χ4v) is 4.42. The molecule has 16 heteroatoms. The Kier molecular flexibility index (Phi) is 12.3. The van der Waals surface area contributed by atoms with Gasteiger partial charge in [0.2, 0.25) is 6.23 Å². The first kappa shape index (κ1) is 33.6. The Bertz CT molecular complexity index is 1480. The predicted molar refractivity (Wildman–Crippen MR) is 160 cm³/mol. The number of nitrogens with zero attached hydrogens (tertiary/aromatic N) is 5. The molecule has 0 saturated heterocycles. The number of hydrazine groups is 1. The topological polar surface area (TPSA) is 211 Å². The molecule has 0 radical (unpaired) electrons. The molecule has 0 bridgehead atoms. The number of nitrogens with two attached hydrogens (primary N) is 2. The van der Waals surface area contributed by atoms with Gasteiger partial charge < -0.3 is 29.7 Å². The van der Waals surface area contributed by atoms with Crippen LogP contribution in [0.25, 0.3) is 11.1 Å². The van der Waals surface area contributed by atoms with Gasteiger partial charge in [0.1, 0.15) is 5.82 Å². The zero-order chi connectivity index (χ0) is 32.2. The normalized spacial score (nSPS) is 12.0. The molecule has 3 rings (SSSR count). The van der Waals surface area contributed by atoms with Crippen molar-refractivity contribution in [1.82, 2.24) is 14.7 Å². The molecule has 2 aromatic carbocycles. The summed E-state index contributed by atoms with van der Waals surface area (Å²) in [5, 5.41) is 23.9. The monoisotopic (exact) mass is 631 g/mol. The predicted octanol–water partition coefficient (Wildman–Crippen LogP) is 4.19. The summed E-state index contributed by atoms with van der Waals surface area (Å²) in [6.45, 7) is 3.39. The van der Waals surface area contributed by atoms with Crippen LogP contribution in [0.3, 0.4) is 0 Å². The standard InChI is InChI=1S/C28H34ClN7O8/c1-3-4-10-23-32-25(29)24(27(37)38)34(23)17-19-11-13-20(14-12-19)21-8-5-6-9-22(21)26(30)33-35(31)18(2)44-28(39)42-15-7-16-43-36(40)41/h5-6,8-9,11-14,18H,3-4,7,10,15-17,31H2,1-2H3,(H2,30,33)(H,37,38). The number of aryl methyl sites for hydroxylation is 1. The number of carboxylic acid groups (broad SMARTS) is 1. The lowest BCUT2D eigenvalue weighted by Crippen LogP contribution is -2.40. The average molecular weight is 632 g/mol. The number of carbonyl (C=O) groups is 2. The van der Waals surface area contributed by atoms with Gasteiger partial charge in [0, 0.05) is 24.9 Å². The molecule has 1 heterocycles. The van der Waals surface area contributed by atoms with Gasteiger partial charge in [0.25, 0.3) is 5.09 Å². The van der Waals surface area contributed by atoms with Crippen molar-refractivity contribution in [2.75, 3.05) is 13.2 Å². The summed E-state index contributed by atoms with van der Waals surface area (Å²) in [6.07, 6.45) is 0.383. The molecule has 0 aliphatic carbocycles. The summed E-state index contributed by atoms with van der Waals surface area (Å²) in [7, 11) is 0. The van der Waals surface area contributed by atoms with Crippen LogP contribution in [0.4, 0.5) is 4.79 Å². The average Bonchev–Trinajstić information content (AvgIpc) is 3.30. The van der Waals surface area contributed by atoms with E-state index in [-0.39, 0.29) is 42.9 Å². The van der Waals surface area contributed by atoms with E-state index in [0.29, 0.717) is 17.8 Å². The second kappa shape index (κ2) is 16.1. The van der Waals surface area contributed by atoms with Crippen LogP contribution < -0.4 is 11.6 Å². The fraction of sp³-hybridized carbons (Fsp3) is 0.357. The lowest BCUT2D eigenvalue weighted by Gasteiger charge is -2.21. The van der Waals surface area contributed by atoms with E-state index in [2.05, 4.69) is 14.9 Å². The van der Waals surface area contributed by atoms with E-state index in [0.717, 1.165) is 34.6 Å². The molecule has 236 valence electrons. The van der Waals surface area contributed by atoms with Crippen molar-refractivity contribution in [2.24, 2.45) is 16.7 Å². The smallest absolute Gasteiger partial charge is 0.476 e. The SMILES string of the molecule is CCCCc1nc(Cl)c(C(=O)O)n1Cc1ccc(-c2ccccc2/C(N)=N/N(N)C(C)OC(=O)OCCCO[N+](=O)[O-])cc1. The van der Waals surface area contributed by atoms with Gasteiger partial charge in [-0.2, -0.15) is 5.12 Å². The third kappa shape index (κ3) is 9.31. The van der Waals surface area contributed by atoms with Gasteiger partial charge in [0.05, 0.1) is 13.2 Å². The van der Waals surface area contributed by atoms with Crippen molar-refractivity contribution in [3.63, 3.8) is 0 Å². The van der Waals surface area contributed by atoms with Crippen molar-refractivity contribution < 1.29 is 34.1 Å². The first-order valence-electron chi connectivity index (χ1n) is 13.7. The van der Waals surface area contributed by atoms with Gasteiger partial charge in [-0.15, -0.1) is 15.2 Å². The number of imidazole rings is 1. The van der Waals surface area contributed by atoms with E-state index >= 15 is 0 Å². The number of rotatable bonds is 16. The maximum Gasteiger partial charge on any atom is 0.510 e. The Morgan fingerprint density at radius 2 is 1.89 bits per heavy atom. The third-order valence-corrected chi connectivity index (χ3v) is 6.60. The summed E-state index contributed by atoms with van der Waals surface area (Å²) in [5.41, 5.74) is 9.21. The van der Waals surface area contributed by atoms with Crippen LogP contribution in [0.5, 0.6) is 0 Å². The minimum atomic E-state index is -1.14. The van der Waals surface area contributed by atoms with Crippen LogP contribution in [0, 0.1) is 10.1 Å². The molecule has 0 saturated carbocycles. The highest BCUT2D eigenvalue weighted by atomic mass is 35.5. The zero-order valence-corrected chi connectivity index (χ0v) is 25.0. The molecule has 15 nitrogen and oxygen atoms in total. The molecule has 1 unspecified atom stereocenters. The number of hydrogen-bond acceptors (Lipinski definition) is 11. The molecule has 5 N–H and O–H groups in total. The fourth-order valence-electron chi connectivity index (χ4n) is 4.14. The van der Waals surface area contributed by atoms with Crippen molar-refractivity contribution in [1.29, 1.82) is 0 Å². The van der Waals surface area contributed by atoms with Gasteiger partial charge in [-0.25, -0.2) is 20.4 Å². The number of aromatic nitrogens is 2. The number of benzene rings is 2. The Morgan fingerprint density at radius 3 is 2.55 bits per heavy atom. The minimum Gasteiger partial charge on any atom is -0.476 e. The van der Waals surface area contributed by atoms with Crippen LogP contribution in [0.15, 0.2) is 53.6 Å². The maximum atomic E-state index is 11.9. The number of unbranched alkanes of at least 4 members (excludes halogenated alkanes) is 1. The Hall–Kier alpha value is -4.89. The lowest BCUT2D eigenvalue weighted by atomic mass is 9.98. The molecule has 0 amide bonds. The van der Waals surface area contributed by atoms with Crippen LogP contribution in [0.1, 0.15) is 60.5 Å². The minimum absolute atomic E-state index is 0.0326. The molecule has 3 aromatic rings. The largest absolute Gasteiger partial charge is 0.510 e. The van der Waals surface area contributed by atoms with E-state index in [4.69, 9.17) is 32.7 Å². The van der Waals surface area contributed by atoms with Gasteiger partial charge in [-0.05, 0) is 30.0 Å². The summed E-state index contributed by atoms with van der Waals surface area (Å²) >= 11 is 6.16. The number of amidine groups is 1. The number of halogens is 1. The quantitative estimate of drug-likeness (QED) is 0.0297. The summed E-state index contributed by atoms with van der Waals surface area (Å²) in [5.74, 6) is 5.48. The second-order valence-corrected chi connectivity index (χ2v) is 9.85. The summed E-state index contributed by atoms with van der Waals surface area (Å²) in [4.78, 5) is 42.3.